The van der Waals surface area contributed by atoms with Crippen molar-refractivity contribution in [1.29, 1.82) is 0 Å². The van der Waals surface area contributed by atoms with Gasteiger partial charge in [-0.05, 0) is 13.3 Å². The topological polar surface area (TPSA) is 20.2 Å². The summed E-state index contributed by atoms with van der Waals surface area (Å²) in [6.45, 7) is 4.01. The van der Waals surface area contributed by atoms with E-state index in [1.165, 1.54) is 19.3 Å². The molecule has 0 amide bonds. The average Bonchev–Trinajstić information content (AvgIpc) is 1.88. The Bertz CT molecular complexity index is 73.7. The second kappa shape index (κ2) is 6.17. The first-order valence-electron chi connectivity index (χ1n) is 4.00. The molecular weight excluding hydrogens is 192 g/mol. The van der Waals surface area contributed by atoms with Crippen molar-refractivity contribution in [2.75, 3.05) is 0 Å². The monoisotopic (exact) mass is 208 g/mol. The van der Waals surface area contributed by atoms with E-state index in [9.17, 15) is 0 Å². The first kappa shape index (κ1) is 10.4. The minimum Gasteiger partial charge on any atom is -0.392 e. The van der Waals surface area contributed by atoms with Crippen LogP contribution in [0.25, 0.3) is 0 Å². The summed E-state index contributed by atoms with van der Waals surface area (Å²) in [5.74, 6) is 0. The Labute approximate surface area is 72.0 Å². The molecule has 0 saturated carbocycles. The molecule has 1 nitrogen and oxygen atoms in total. The average molecular weight is 209 g/mol. The van der Waals surface area contributed by atoms with E-state index in [-0.39, 0.29) is 6.10 Å². The number of aliphatic hydroxyl groups excluding tert-OH is 1. The van der Waals surface area contributed by atoms with Crippen LogP contribution in [0.15, 0.2) is 0 Å². The standard InChI is InChI=1S/C8H17BrO/c1-3-4-5-6-8(9)7(2)10/h7-8,10H,3-6H2,1-2H3/t7-,8+/m1/s1. The molecule has 62 valence electrons. The zero-order valence-corrected chi connectivity index (χ0v) is 8.39. The lowest BCUT2D eigenvalue weighted by molar-refractivity contribution is 0.189. The normalized spacial score (nSPS) is 16.8. The number of hydrogen-bond acceptors (Lipinski definition) is 1. The summed E-state index contributed by atoms with van der Waals surface area (Å²) in [5.41, 5.74) is 0. The van der Waals surface area contributed by atoms with Gasteiger partial charge in [0.2, 0.25) is 0 Å². The lowest BCUT2D eigenvalue weighted by Gasteiger charge is -2.11. The molecule has 2 heteroatoms. The SMILES string of the molecule is CCCCC[C@H](Br)[C@@H](C)O. The maximum absolute atomic E-state index is 9.07. The van der Waals surface area contributed by atoms with Crippen LogP contribution in [0.2, 0.25) is 0 Å². The van der Waals surface area contributed by atoms with Crippen molar-refractivity contribution in [2.45, 2.75) is 50.5 Å². The second-order valence-electron chi connectivity index (χ2n) is 2.75. The summed E-state index contributed by atoms with van der Waals surface area (Å²) in [7, 11) is 0. The Balaban J connectivity index is 3.13. The van der Waals surface area contributed by atoms with Crippen molar-refractivity contribution < 1.29 is 5.11 Å². The molecule has 0 fully saturated rings. The second-order valence-corrected chi connectivity index (χ2v) is 3.93. The van der Waals surface area contributed by atoms with E-state index in [1.54, 1.807) is 0 Å². The Hall–Kier alpha value is 0.440. The third-order valence-electron chi connectivity index (χ3n) is 1.61. The smallest absolute Gasteiger partial charge is 0.0637 e. The largest absolute Gasteiger partial charge is 0.392 e. The molecule has 10 heavy (non-hydrogen) atoms. The zero-order valence-electron chi connectivity index (χ0n) is 6.81. The van der Waals surface area contributed by atoms with E-state index in [4.69, 9.17) is 5.11 Å². The number of unbranched alkanes of at least 4 members (excludes halogenated alkanes) is 2. The highest BCUT2D eigenvalue weighted by Gasteiger charge is 2.08. The van der Waals surface area contributed by atoms with Gasteiger partial charge in [-0.1, -0.05) is 42.1 Å². The van der Waals surface area contributed by atoms with Gasteiger partial charge >= 0.3 is 0 Å². The maximum Gasteiger partial charge on any atom is 0.0637 e. The van der Waals surface area contributed by atoms with Crippen molar-refractivity contribution in [3.05, 3.63) is 0 Å². The van der Waals surface area contributed by atoms with Crippen molar-refractivity contribution in [3.8, 4) is 0 Å². The number of rotatable bonds is 5. The highest BCUT2D eigenvalue weighted by molar-refractivity contribution is 9.09. The summed E-state index contributed by atoms with van der Waals surface area (Å²) >= 11 is 3.42. The molecule has 0 aliphatic carbocycles. The minimum atomic E-state index is -0.211. The van der Waals surface area contributed by atoms with Gasteiger partial charge in [0.1, 0.15) is 0 Å². The molecule has 2 atom stereocenters. The summed E-state index contributed by atoms with van der Waals surface area (Å²) in [4.78, 5) is 0.291. The van der Waals surface area contributed by atoms with Gasteiger partial charge in [0.05, 0.1) is 6.10 Å². The highest BCUT2D eigenvalue weighted by atomic mass is 79.9. The van der Waals surface area contributed by atoms with Crippen LogP contribution >= 0.6 is 15.9 Å². The van der Waals surface area contributed by atoms with Crippen LogP contribution in [0.5, 0.6) is 0 Å². The number of halogens is 1. The molecule has 0 aromatic heterocycles. The zero-order chi connectivity index (χ0) is 7.98. The van der Waals surface area contributed by atoms with Gasteiger partial charge in [0, 0.05) is 4.83 Å². The van der Waals surface area contributed by atoms with Gasteiger partial charge < -0.3 is 5.11 Å². The first-order valence-corrected chi connectivity index (χ1v) is 4.92. The molecule has 0 unspecified atom stereocenters. The molecule has 0 spiro atoms. The molecule has 0 rings (SSSR count). The lowest BCUT2D eigenvalue weighted by Crippen LogP contribution is -2.15. The van der Waals surface area contributed by atoms with Crippen LogP contribution < -0.4 is 0 Å². The van der Waals surface area contributed by atoms with E-state index < -0.39 is 0 Å². The molecule has 0 aliphatic rings. The van der Waals surface area contributed by atoms with Gasteiger partial charge in [0.25, 0.3) is 0 Å². The summed E-state index contributed by atoms with van der Waals surface area (Å²) in [6, 6.07) is 0. The Kier molecular flexibility index (Phi) is 6.44. The molecule has 0 aromatic rings. The van der Waals surface area contributed by atoms with Gasteiger partial charge in [-0.25, -0.2) is 0 Å². The van der Waals surface area contributed by atoms with E-state index in [0.717, 1.165) is 6.42 Å². The van der Waals surface area contributed by atoms with Crippen molar-refractivity contribution in [2.24, 2.45) is 0 Å². The van der Waals surface area contributed by atoms with Gasteiger partial charge in [-0.2, -0.15) is 0 Å². The third kappa shape index (κ3) is 5.24. The van der Waals surface area contributed by atoms with E-state index >= 15 is 0 Å². The van der Waals surface area contributed by atoms with Gasteiger partial charge in [-0.3, -0.25) is 0 Å². The van der Waals surface area contributed by atoms with Gasteiger partial charge in [-0.15, -0.1) is 0 Å². The van der Waals surface area contributed by atoms with E-state index in [1.807, 2.05) is 6.92 Å². The summed E-state index contributed by atoms with van der Waals surface area (Å²) in [6.07, 6.45) is 4.62. The number of alkyl halides is 1. The summed E-state index contributed by atoms with van der Waals surface area (Å²) < 4.78 is 0. The molecule has 0 aliphatic heterocycles. The highest BCUT2D eigenvalue weighted by Crippen LogP contribution is 2.14. The quantitative estimate of drug-likeness (QED) is 0.545. The van der Waals surface area contributed by atoms with Crippen LogP contribution in [-0.4, -0.2) is 16.0 Å². The van der Waals surface area contributed by atoms with E-state index in [2.05, 4.69) is 22.9 Å². The predicted molar refractivity (Wildman–Crippen MR) is 48.5 cm³/mol. The van der Waals surface area contributed by atoms with Crippen LogP contribution in [0.3, 0.4) is 0 Å². The Morgan fingerprint density at radius 2 is 2.00 bits per heavy atom. The fraction of sp³-hybridized carbons (Fsp3) is 1.00. The first-order chi connectivity index (χ1) is 4.68. The van der Waals surface area contributed by atoms with Crippen LogP contribution in [-0.2, 0) is 0 Å². The van der Waals surface area contributed by atoms with Crippen molar-refractivity contribution >= 4 is 15.9 Å². The van der Waals surface area contributed by atoms with Crippen LogP contribution in [0.1, 0.15) is 39.5 Å². The molecule has 0 aromatic carbocycles. The van der Waals surface area contributed by atoms with Crippen molar-refractivity contribution in [1.82, 2.24) is 0 Å². The molecular formula is C8H17BrO. The van der Waals surface area contributed by atoms with Crippen LogP contribution in [0.4, 0.5) is 0 Å². The van der Waals surface area contributed by atoms with Crippen molar-refractivity contribution in [3.63, 3.8) is 0 Å². The summed E-state index contributed by atoms with van der Waals surface area (Å²) in [5, 5.41) is 9.07. The van der Waals surface area contributed by atoms with Crippen LogP contribution in [0, 0.1) is 0 Å². The predicted octanol–water partition coefficient (Wildman–Crippen LogP) is 2.71. The maximum atomic E-state index is 9.07. The van der Waals surface area contributed by atoms with Gasteiger partial charge in [0.15, 0.2) is 0 Å². The Morgan fingerprint density at radius 1 is 1.40 bits per heavy atom. The molecule has 0 radical (unpaired) electrons. The van der Waals surface area contributed by atoms with E-state index in [0.29, 0.717) is 4.83 Å². The number of aliphatic hydroxyl groups is 1. The molecule has 1 N–H and O–H groups in total. The minimum absolute atomic E-state index is 0.211. The lowest BCUT2D eigenvalue weighted by atomic mass is 10.1. The Morgan fingerprint density at radius 3 is 2.40 bits per heavy atom. The molecule has 0 bridgehead atoms. The molecule has 0 saturated heterocycles. The fourth-order valence-corrected chi connectivity index (χ4v) is 1.15. The fourth-order valence-electron chi connectivity index (χ4n) is 0.831. The number of hydrogen-bond donors (Lipinski definition) is 1. The third-order valence-corrected chi connectivity index (χ3v) is 2.83. The molecule has 0 heterocycles.